The monoisotopic (exact) mass is 431 g/mol. The third-order valence-corrected chi connectivity index (χ3v) is 6.26. The van der Waals surface area contributed by atoms with E-state index >= 15 is 0 Å². The highest BCUT2D eigenvalue weighted by atomic mass is 16.5. The van der Waals surface area contributed by atoms with Gasteiger partial charge in [-0.05, 0) is 42.0 Å². The molecular weight excluding hydrogens is 402 g/mol. The fraction of sp³-hybridized carbons (Fsp3) is 0.370. The molecule has 2 aliphatic rings. The molecule has 0 aromatic heterocycles. The number of hydrogen-bond donors (Lipinski definition) is 1. The van der Waals surface area contributed by atoms with Crippen LogP contribution in [0.5, 0.6) is 5.75 Å². The number of rotatable bonds is 5. The van der Waals surface area contributed by atoms with Crippen molar-refractivity contribution in [3.8, 4) is 5.75 Å². The third kappa shape index (κ3) is 4.52. The number of aliphatic imine (C=N–C) groups is 1. The molecule has 2 aromatic rings. The van der Waals surface area contributed by atoms with Crippen LogP contribution in [0.25, 0.3) is 0 Å². The Balaban J connectivity index is 1.66. The average molecular weight is 432 g/mol. The second-order valence-corrected chi connectivity index (χ2v) is 9.51. The summed E-state index contributed by atoms with van der Waals surface area (Å²) in [7, 11) is 0. The molecule has 0 saturated heterocycles. The Kier molecular flexibility index (Phi) is 6.00. The molecule has 0 radical (unpaired) electrons. The van der Waals surface area contributed by atoms with Gasteiger partial charge in [-0.3, -0.25) is 14.6 Å². The summed E-state index contributed by atoms with van der Waals surface area (Å²) in [4.78, 5) is 31.3. The standard InChI is InChI=1S/C27H29NO4/c1-17-23(26(31)32-13-12-18-8-5-4-6-9-18)24(19-10-7-11-20(29)14-19)25-21(28-17)15-27(2,3)16-22(25)30/h4-11,14,23-24,29H,12-13,15-16H2,1-3H3/t23?,24-/m0/s1. The van der Waals surface area contributed by atoms with Crippen molar-refractivity contribution in [2.24, 2.45) is 16.3 Å². The fourth-order valence-corrected chi connectivity index (χ4v) is 4.83. The summed E-state index contributed by atoms with van der Waals surface area (Å²) >= 11 is 0. The summed E-state index contributed by atoms with van der Waals surface area (Å²) in [6.45, 7) is 6.21. The maximum absolute atomic E-state index is 13.3. The van der Waals surface area contributed by atoms with E-state index in [1.54, 1.807) is 18.2 Å². The molecule has 1 heterocycles. The van der Waals surface area contributed by atoms with Crippen molar-refractivity contribution in [1.29, 1.82) is 0 Å². The summed E-state index contributed by atoms with van der Waals surface area (Å²) in [5.41, 5.74) is 3.63. The number of phenols is 1. The lowest BCUT2D eigenvalue weighted by Crippen LogP contribution is -2.39. The molecule has 5 heteroatoms. The number of ether oxygens (including phenoxy) is 1. The van der Waals surface area contributed by atoms with Crippen LogP contribution in [0.4, 0.5) is 0 Å². The van der Waals surface area contributed by atoms with Gasteiger partial charge in [-0.25, -0.2) is 0 Å². The van der Waals surface area contributed by atoms with Crippen LogP contribution in [-0.2, 0) is 20.7 Å². The molecular formula is C27H29NO4. The summed E-state index contributed by atoms with van der Waals surface area (Å²) in [5.74, 6) is -1.48. The molecule has 2 aromatic carbocycles. The van der Waals surface area contributed by atoms with Crippen LogP contribution < -0.4 is 0 Å². The van der Waals surface area contributed by atoms with Crippen LogP contribution in [-0.4, -0.2) is 29.2 Å². The van der Waals surface area contributed by atoms with E-state index in [0.29, 0.717) is 30.5 Å². The van der Waals surface area contributed by atoms with Crippen LogP contribution in [0.2, 0.25) is 0 Å². The lowest BCUT2D eigenvalue weighted by atomic mass is 9.67. The van der Waals surface area contributed by atoms with Crippen molar-refractivity contribution in [3.63, 3.8) is 0 Å². The van der Waals surface area contributed by atoms with Gasteiger partial charge in [-0.2, -0.15) is 0 Å². The summed E-state index contributed by atoms with van der Waals surface area (Å²) in [6, 6.07) is 16.7. The van der Waals surface area contributed by atoms with Gasteiger partial charge in [0.25, 0.3) is 0 Å². The van der Waals surface area contributed by atoms with E-state index in [2.05, 4.69) is 13.8 Å². The Morgan fingerprint density at radius 1 is 1.12 bits per heavy atom. The largest absolute Gasteiger partial charge is 0.508 e. The van der Waals surface area contributed by atoms with Crippen LogP contribution in [0.3, 0.4) is 0 Å². The van der Waals surface area contributed by atoms with Gasteiger partial charge in [-0.15, -0.1) is 0 Å². The Labute approximate surface area is 188 Å². The van der Waals surface area contributed by atoms with Gasteiger partial charge in [0.05, 0.1) is 6.61 Å². The Morgan fingerprint density at radius 3 is 2.59 bits per heavy atom. The summed E-state index contributed by atoms with van der Waals surface area (Å²) < 4.78 is 5.68. The van der Waals surface area contributed by atoms with Gasteiger partial charge >= 0.3 is 5.97 Å². The lowest BCUT2D eigenvalue weighted by molar-refractivity contribution is -0.146. The number of hydrogen-bond acceptors (Lipinski definition) is 5. The molecule has 1 aliphatic heterocycles. The number of esters is 1. The first-order valence-corrected chi connectivity index (χ1v) is 11.1. The highest BCUT2D eigenvalue weighted by Gasteiger charge is 2.46. The number of aromatic hydroxyl groups is 1. The Morgan fingerprint density at radius 2 is 1.88 bits per heavy atom. The van der Waals surface area contributed by atoms with Crippen molar-refractivity contribution >= 4 is 17.5 Å². The minimum Gasteiger partial charge on any atom is -0.508 e. The van der Waals surface area contributed by atoms with E-state index in [0.717, 1.165) is 16.8 Å². The predicted octanol–water partition coefficient (Wildman–Crippen LogP) is 5.00. The molecule has 32 heavy (non-hydrogen) atoms. The molecule has 0 amide bonds. The first-order valence-electron chi connectivity index (χ1n) is 11.1. The van der Waals surface area contributed by atoms with E-state index in [1.807, 2.05) is 43.3 Å². The second kappa shape index (κ2) is 8.73. The summed E-state index contributed by atoms with van der Waals surface area (Å²) in [6.07, 6.45) is 1.70. The first kappa shape index (κ1) is 22.0. The van der Waals surface area contributed by atoms with Crippen LogP contribution in [0, 0.1) is 11.3 Å². The molecule has 1 unspecified atom stereocenters. The molecule has 1 N–H and O–H groups in total. The topological polar surface area (TPSA) is 76.0 Å². The van der Waals surface area contributed by atoms with Crippen molar-refractivity contribution in [1.82, 2.24) is 0 Å². The van der Waals surface area contributed by atoms with Gasteiger partial charge in [0.15, 0.2) is 5.78 Å². The van der Waals surface area contributed by atoms with Crippen molar-refractivity contribution < 1.29 is 19.4 Å². The maximum atomic E-state index is 13.3. The molecule has 4 rings (SSSR count). The van der Waals surface area contributed by atoms with Crippen LogP contribution in [0.1, 0.15) is 50.7 Å². The quantitative estimate of drug-likeness (QED) is 0.676. The van der Waals surface area contributed by atoms with Crippen LogP contribution >= 0.6 is 0 Å². The Bertz CT molecular complexity index is 1100. The number of Topliss-reactive ketones (excluding diaryl/α,β-unsaturated/α-hetero) is 1. The van der Waals surface area contributed by atoms with Crippen molar-refractivity contribution in [2.75, 3.05) is 6.61 Å². The average Bonchev–Trinajstić information content (AvgIpc) is 2.72. The minimum absolute atomic E-state index is 0.0166. The number of phenolic OH excluding ortho intramolecular Hbond substituents is 1. The molecule has 0 saturated carbocycles. The van der Waals surface area contributed by atoms with E-state index in [1.165, 1.54) is 0 Å². The Hall–Kier alpha value is -3.21. The highest BCUT2D eigenvalue weighted by molar-refractivity contribution is 6.09. The highest BCUT2D eigenvalue weighted by Crippen LogP contribution is 2.48. The van der Waals surface area contributed by atoms with E-state index in [9.17, 15) is 14.7 Å². The van der Waals surface area contributed by atoms with Crippen LogP contribution in [0.15, 0.2) is 70.9 Å². The maximum Gasteiger partial charge on any atom is 0.315 e. The fourth-order valence-electron chi connectivity index (χ4n) is 4.83. The molecule has 0 bridgehead atoms. The van der Waals surface area contributed by atoms with Gasteiger partial charge in [0.2, 0.25) is 0 Å². The number of nitrogens with zero attached hydrogens (tertiary/aromatic N) is 1. The first-order chi connectivity index (χ1) is 15.2. The number of ketones is 1. The summed E-state index contributed by atoms with van der Waals surface area (Å²) in [5, 5.41) is 10.1. The second-order valence-electron chi connectivity index (χ2n) is 9.51. The molecule has 5 nitrogen and oxygen atoms in total. The molecule has 0 spiro atoms. The molecule has 166 valence electrons. The zero-order valence-electron chi connectivity index (χ0n) is 18.8. The van der Waals surface area contributed by atoms with E-state index in [-0.39, 0.29) is 29.5 Å². The number of carbonyl (C=O) groups is 2. The lowest BCUT2D eigenvalue weighted by Gasteiger charge is -2.39. The zero-order valence-corrected chi connectivity index (χ0v) is 18.8. The van der Waals surface area contributed by atoms with Crippen molar-refractivity contribution in [3.05, 3.63) is 77.0 Å². The number of carbonyl (C=O) groups excluding carboxylic acids is 2. The zero-order chi connectivity index (χ0) is 22.9. The predicted molar refractivity (Wildman–Crippen MR) is 124 cm³/mol. The van der Waals surface area contributed by atoms with Gasteiger partial charge < -0.3 is 9.84 Å². The van der Waals surface area contributed by atoms with Crippen molar-refractivity contribution in [2.45, 2.75) is 46.0 Å². The smallest absolute Gasteiger partial charge is 0.315 e. The van der Waals surface area contributed by atoms with Gasteiger partial charge in [0, 0.05) is 35.7 Å². The number of benzene rings is 2. The van der Waals surface area contributed by atoms with Gasteiger partial charge in [0.1, 0.15) is 11.7 Å². The van der Waals surface area contributed by atoms with E-state index < -0.39 is 11.8 Å². The normalized spacial score (nSPS) is 22.2. The third-order valence-electron chi connectivity index (χ3n) is 6.26. The molecule has 0 fully saturated rings. The molecule has 1 aliphatic carbocycles. The SMILES string of the molecule is CC1=NC2=C(C(=O)CC(C)(C)C2)[C@@H](c2cccc(O)c2)C1C(=O)OCCc1ccccc1. The number of allylic oxidation sites excluding steroid dienone is 2. The van der Waals surface area contributed by atoms with Gasteiger partial charge in [-0.1, -0.05) is 56.3 Å². The molecule has 2 atom stereocenters. The minimum atomic E-state index is -0.698. The van der Waals surface area contributed by atoms with E-state index in [4.69, 9.17) is 9.73 Å².